The number of carbonyl (C=O) groups is 3. The molecule has 3 rings (SSSR count). The Morgan fingerprint density at radius 1 is 1.17 bits per heavy atom. The zero-order chi connectivity index (χ0) is 21.7. The molecule has 2 aromatic carbocycles. The highest BCUT2D eigenvalue weighted by Gasteiger charge is 2.42. The maximum absolute atomic E-state index is 13.4. The molecule has 8 nitrogen and oxygen atoms in total. The van der Waals surface area contributed by atoms with Crippen LogP contribution in [0.4, 0.5) is 0 Å². The average Bonchev–Trinajstić information content (AvgIpc) is 2.75. The number of carboxylic acid groups (broad SMARTS) is 1. The Morgan fingerprint density at radius 2 is 1.83 bits per heavy atom. The first kappa shape index (κ1) is 21.3. The van der Waals surface area contributed by atoms with Crippen molar-refractivity contribution in [2.24, 2.45) is 0 Å². The number of morpholine rings is 1. The van der Waals surface area contributed by atoms with Crippen molar-refractivity contribution in [1.82, 2.24) is 9.80 Å². The van der Waals surface area contributed by atoms with Gasteiger partial charge in [-0.3, -0.25) is 14.4 Å². The minimum Gasteiger partial charge on any atom is -0.497 e. The Balaban J connectivity index is 1.88. The SMILES string of the molecule is COc1ccc(CN(CC(=O)O)C(=O)[C@@H]2OCC(=O)N(C)[C@@H]2c2ccccc2)cc1. The van der Waals surface area contributed by atoms with Crippen LogP contribution in [0.2, 0.25) is 0 Å². The molecule has 0 saturated carbocycles. The Hall–Kier alpha value is -3.39. The summed E-state index contributed by atoms with van der Waals surface area (Å²) >= 11 is 0. The van der Waals surface area contributed by atoms with Crippen molar-refractivity contribution in [2.75, 3.05) is 27.3 Å². The molecule has 30 heavy (non-hydrogen) atoms. The van der Waals surface area contributed by atoms with Gasteiger partial charge in [0, 0.05) is 13.6 Å². The third-order valence-corrected chi connectivity index (χ3v) is 5.04. The molecule has 2 aromatic rings. The first-order valence-corrected chi connectivity index (χ1v) is 9.46. The summed E-state index contributed by atoms with van der Waals surface area (Å²) in [4.78, 5) is 39.7. The number of likely N-dealkylation sites (N-methyl/N-ethyl adjacent to an activating group) is 1. The number of methoxy groups -OCH3 is 1. The molecular formula is C22H24N2O6. The monoisotopic (exact) mass is 412 g/mol. The molecule has 0 aromatic heterocycles. The summed E-state index contributed by atoms with van der Waals surface area (Å²) in [6, 6.07) is 15.5. The van der Waals surface area contributed by atoms with Gasteiger partial charge in [0.2, 0.25) is 5.91 Å². The molecule has 158 valence electrons. The Bertz CT molecular complexity index is 900. The van der Waals surface area contributed by atoms with Crippen LogP contribution in [0.3, 0.4) is 0 Å². The number of rotatable bonds is 7. The summed E-state index contributed by atoms with van der Waals surface area (Å²) in [5.74, 6) is -1.20. The molecule has 0 spiro atoms. The lowest BCUT2D eigenvalue weighted by Crippen LogP contribution is -2.54. The zero-order valence-electron chi connectivity index (χ0n) is 16.9. The fraction of sp³-hybridized carbons (Fsp3) is 0.318. The van der Waals surface area contributed by atoms with Crippen molar-refractivity contribution in [3.63, 3.8) is 0 Å². The first-order chi connectivity index (χ1) is 14.4. The number of nitrogens with zero attached hydrogens (tertiary/aromatic N) is 2. The van der Waals surface area contributed by atoms with Crippen molar-refractivity contribution in [2.45, 2.75) is 18.7 Å². The molecule has 0 radical (unpaired) electrons. The molecule has 1 heterocycles. The highest BCUT2D eigenvalue weighted by Crippen LogP contribution is 2.30. The van der Waals surface area contributed by atoms with Crippen molar-refractivity contribution >= 4 is 17.8 Å². The maximum Gasteiger partial charge on any atom is 0.323 e. The molecule has 1 fully saturated rings. The van der Waals surface area contributed by atoms with Crippen LogP contribution in [0.15, 0.2) is 54.6 Å². The molecule has 1 aliphatic rings. The van der Waals surface area contributed by atoms with Crippen LogP contribution < -0.4 is 4.74 Å². The number of aliphatic carboxylic acids is 1. The molecule has 1 N–H and O–H groups in total. The molecular weight excluding hydrogens is 388 g/mol. The largest absolute Gasteiger partial charge is 0.497 e. The van der Waals surface area contributed by atoms with Gasteiger partial charge in [-0.05, 0) is 23.3 Å². The number of hydrogen-bond donors (Lipinski definition) is 1. The number of carboxylic acids is 1. The molecule has 2 amide bonds. The van der Waals surface area contributed by atoms with Gasteiger partial charge in [-0.25, -0.2) is 0 Å². The van der Waals surface area contributed by atoms with Crippen LogP contribution in [0.5, 0.6) is 5.75 Å². The predicted octanol–water partition coefficient (Wildman–Crippen LogP) is 1.71. The summed E-state index contributed by atoms with van der Waals surface area (Å²) in [7, 11) is 3.17. The molecule has 0 unspecified atom stereocenters. The van der Waals surface area contributed by atoms with Crippen LogP contribution in [-0.2, 0) is 25.7 Å². The van der Waals surface area contributed by atoms with Crippen LogP contribution in [0.1, 0.15) is 17.2 Å². The van der Waals surface area contributed by atoms with Gasteiger partial charge in [0.25, 0.3) is 5.91 Å². The lowest BCUT2D eigenvalue weighted by molar-refractivity contribution is -0.169. The van der Waals surface area contributed by atoms with E-state index in [9.17, 15) is 19.5 Å². The van der Waals surface area contributed by atoms with Crippen molar-refractivity contribution in [3.05, 3.63) is 65.7 Å². The Morgan fingerprint density at radius 3 is 2.43 bits per heavy atom. The standard InChI is InChI=1S/C22H24N2O6/c1-23-18(25)14-30-21(20(23)16-6-4-3-5-7-16)22(28)24(13-19(26)27)12-15-8-10-17(29-2)11-9-15/h3-11,20-21H,12-14H2,1-2H3,(H,26,27)/t20-,21-/m1/s1. The summed E-state index contributed by atoms with van der Waals surface area (Å²) in [5, 5.41) is 9.35. The second-order valence-corrected chi connectivity index (χ2v) is 7.03. The summed E-state index contributed by atoms with van der Waals surface area (Å²) in [5.41, 5.74) is 1.49. The Labute approximate surface area is 174 Å². The van der Waals surface area contributed by atoms with E-state index in [1.165, 1.54) is 9.80 Å². The van der Waals surface area contributed by atoms with Crippen LogP contribution in [0, 0.1) is 0 Å². The van der Waals surface area contributed by atoms with Gasteiger partial charge in [0.05, 0.1) is 13.2 Å². The van der Waals surface area contributed by atoms with Gasteiger partial charge in [-0.15, -0.1) is 0 Å². The van der Waals surface area contributed by atoms with E-state index in [-0.39, 0.29) is 19.1 Å². The number of hydrogen-bond acceptors (Lipinski definition) is 5. The molecule has 0 aliphatic carbocycles. The van der Waals surface area contributed by atoms with Gasteiger partial charge in [-0.1, -0.05) is 42.5 Å². The van der Waals surface area contributed by atoms with Crippen LogP contribution >= 0.6 is 0 Å². The van der Waals surface area contributed by atoms with E-state index in [0.29, 0.717) is 5.75 Å². The molecule has 1 aliphatic heterocycles. The van der Waals surface area contributed by atoms with Gasteiger partial charge in [-0.2, -0.15) is 0 Å². The quantitative estimate of drug-likeness (QED) is 0.744. The van der Waals surface area contributed by atoms with E-state index in [4.69, 9.17) is 9.47 Å². The number of ether oxygens (including phenoxy) is 2. The van der Waals surface area contributed by atoms with Gasteiger partial charge in [0.15, 0.2) is 6.10 Å². The van der Waals surface area contributed by atoms with Crippen molar-refractivity contribution < 1.29 is 29.0 Å². The normalized spacial score (nSPS) is 18.7. The predicted molar refractivity (Wildman–Crippen MR) is 108 cm³/mol. The fourth-order valence-electron chi connectivity index (χ4n) is 3.47. The van der Waals surface area contributed by atoms with Crippen LogP contribution in [-0.4, -0.2) is 66.1 Å². The molecule has 2 atom stereocenters. The second-order valence-electron chi connectivity index (χ2n) is 7.03. The van der Waals surface area contributed by atoms with Crippen LogP contribution in [0.25, 0.3) is 0 Å². The van der Waals surface area contributed by atoms with E-state index in [1.54, 1.807) is 38.4 Å². The minimum atomic E-state index is -1.13. The van der Waals surface area contributed by atoms with E-state index < -0.39 is 30.6 Å². The Kier molecular flexibility index (Phi) is 6.68. The fourth-order valence-corrected chi connectivity index (χ4v) is 3.47. The highest BCUT2D eigenvalue weighted by atomic mass is 16.5. The van der Waals surface area contributed by atoms with Crippen molar-refractivity contribution in [1.29, 1.82) is 0 Å². The van der Waals surface area contributed by atoms with Gasteiger partial charge >= 0.3 is 5.97 Å². The first-order valence-electron chi connectivity index (χ1n) is 9.46. The molecule has 0 bridgehead atoms. The summed E-state index contributed by atoms with van der Waals surface area (Å²) in [6.07, 6.45) is -1.01. The summed E-state index contributed by atoms with van der Waals surface area (Å²) in [6.45, 7) is -0.627. The topological polar surface area (TPSA) is 96.4 Å². The third-order valence-electron chi connectivity index (χ3n) is 5.04. The zero-order valence-corrected chi connectivity index (χ0v) is 16.9. The lowest BCUT2D eigenvalue weighted by atomic mass is 9.97. The van der Waals surface area contributed by atoms with E-state index in [0.717, 1.165) is 11.1 Å². The van der Waals surface area contributed by atoms with Gasteiger partial charge in [0.1, 0.15) is 18.9 Å². The lowest BCUT2D eigenvalue weighted by Gasteiger charge is -2.40. The van der Waals surface area contributed by atoms with Crippen molar-refractivity contribution in [3.8, 4) is 5.75 Å². The third kappa shape index (κ3) is 4.77. The van der Waals surface area contributed by atoms with E-state index in [1.807, 2.05) is 30.3 Å². The number of benzene rings is 2. The smallest absolute Gasteiger partial charge is 0.323 e. The maximum atomic E-state index is 13.4. The highest BCUT2D eigenvalue weighted by molar-refractivity contribution is 5.88. The summed E-state index contributed by atoms with van der Waals surface area (Å²) < 4.78 is 10.8. The van der Waals surface area contributed by atoms with E-state index in [2.05, 4.69) is 0 Å². The minimum absolute atomic E-state index is 0.0914. The van der Waals surface area contributed by atoms with Gasteiger partial charge < -0.3 is 24.4 Å². The van der Waals surface area contributed by atoms with E-state index >= 15 is 0 Å². The molecule has 1 saturated heterocycles. The number of amides is 2. The molecule has 8 heteroatoms. The number of carbonyl (C=O) groups excluding carboxylic acids is 2. The average molecular weight is 412 g/mol. The second kappa shape index (κ2) is 9.41.